The number of nitrogens with zero attached hydrogens (tertiary/aromatic N) is 2. The molecular formula is C34H45N5O6. The van der Waals surface area contributed by atoms with E-state index in [4.69, 9.17) is 4.74 Å². The van der Waals surface area contributed by atoms with Gasteiger partial charge in [-0.3, -0.25) is 14.4 Å². The van der Waals surface area contributed by atoms with Crippen molar-refractivity contribution in [1.82, 2.24) is 25.8 Å². The molecule has 5 rings (SSSR count). The van der Waals surface area contributed by atoms with Gasteiger partial charge in [-0.05, 0) is 80.7 Å². The fourth-order valence-corrected chi connectivity index (χ4v) is 6.27. The Balaban J connectivity index is 1.39. The smallest absolute Gasteiger partial charge is 0.318 e. The molecule has 11 heteroatoms. The molecule has 0 aliphatic carbocycles. The number of aliphatic hydroxyl groups is 1. The molecule has 0 aromatic heterocycles. The van der Waals surface area contributed by atoms with Gasteiger partial charge in [0.2, 0.25) is 17.7 Å². The van der Waals surface area contributed by atoms with E-state index in [-0.39, 0.29) is 43.8 Å². The SMILES string of the molecule is Cc1ccc2cc1CNC(=O)[C@H](CCc1ccccc1)NC(=O)[C@@H](NC(=O)N1CC(C)(O)C1)CC(=O)N1CCCC(CCO2)C1. The third-order valence-electron chi connectivity index (χ3n) is 8.98. The predicted molar refractivity (Wildman–Crippen MR) is 168 cm³/mol. The number of nitrogens with one attached hydrogen (secondary N) is 3. The highest BCUT2D eigenvalue weighted by molar-refractivity contribution is 5.94. The number of aryl methyl sites for hydroxylation is 2. The van der Waals surface area contributed by atoms with Crippen molar-refractivity contribution in [3.63, 3.8) is 0 Å². The largest absolute Gasteiger partial charge is 0.494 e. The number of ether oxygens (including phenoxy) is 1. The quantitative estimate of drug-likeness (QED) is 0.414. The second kappa shape index (κ2) is 14.3. The summed E-state index contributed by atoms with van der Waals surface area (Å²) in [5.74, 6) is -0.200. The van der Waals surface area contributed by atoms with Crippen molar-refractivity contribution >= 4 is 23.8 Å². The number of likely N-dealkylation sites (tertiary alicyclic amines) is 1. The number of benzene rings is 2. The zero-order valence-corrected chi connectivity index (χ0v) is 26.2. The number of hydrogen-bond donors (Lipinski definition) is 4. The molecule has 0 radical (unpaired) electrons. The topological polar surface area (TPSA) is 140 Å². The Morgan fingerprint density at radius 3 is 2.62 bits per heavy atom. The lowest BCUT2D eigenvalue weighted by molar-refractivity contribution is -0.137. The minimum atomic E-state index is -1.19. The summed E-state index contributed by atoms with van der Waals surface area (Å²) in [5.41, 5.74) is 1.96. The standard InChI is InChI=1S/C34H45N5O6/c1-23-10-12-27-17-26(23)19-35-31(41)28(13-11-24-7-4-3-5-8-24)36-32(42)29(37-33(43)39-21-34(2,44)22-39)18-30(40)38-15-6-9-25(20-38)14-16-45-27/h3-5,7-8,10,12,17,25,28-29,44H,6,9,11,13-16,18-22H2,1-2H3,(H,35,41)(H,36,42)(H,37,43)/t25?,28-,29-/m0/s1. The lowest BCUT2D eigenvalue weighted by Crippen LogP contribution is -2.66. The van der Waals surface area contributed by atoms with E-state index in [2.05, 4.69) is 16.0 Å². The highest BCUT2D eigenvalue weighted by atomic mass is 16.5. The van der Waals surface area contributed by atoms with Gasteiger partial charge in [-0.25, -0.2) is 4.79 Å². The molecule has 3 heterocycles. The van der Waals surface area contributed by atoms with E-state index in [1.54, 1.807) is 11.8 Å². The molecule has 242 valence electrons. The monoisotopic (exact) mass is 619 g/mol. The van der Waals surface area contributed by atoms with Crippen molar-refractivity contribution in [1.29, 1.82) is 0 Å². The third kappa shape index (κ3) is 8.75. The van der Waals surface area contributed by atoms with Gasteiger partial charge in [0, 0.05) is 19.6 Å². The second-order valence-electron chi connectivity index (χ2n) is 12.9. The number of fused-ring (bicyclic) bond motifs is 4. The first-order valence-corrected chi connectivity index (χ1v) is 16.0. The first kappa shape index (κ1) is 32.3. The number of carbonyl (C=O) groups is 4. The first-order chi connectivity index (χ1) is 21.6. The van der Waals surface area contributed by atoms with Gasteiger partial charge in [-0.15, -0.1) is 0 Å². The van der Waals surface area contributed by atoms with E-state index in [1.807, 2.05) is 55.5 Å². The van der Waals surface area contributed by atoms with E-state index in [0.29, 0.717) is 32.5 Å². The van der Waals surface area contributed by atoms with Gasteiger partial charge in [0.15, 0.2) is 0 Å². The average Bonchev–Trinajstić information content (AvgIpc) is 3.01. The number of piperidine rings is 1. The molecule has 3 aliphatic heterocycles. The van der Waals surface area contributed by atoms with Gasteiger partial charge < -0.3 is 35.6 Å². The zero-order valence-electron chi connectivity index (χ0n) is 26.2. The van der Waals surface area contributed by atoms with Crippen LogP contribution in [0.3, 0.4) is 0 Å². The van der Waals surface area contributed by atoms with Crippen molar-refractivity contribution < 1.29 is 29.0 Å². The van der Waals surface area contributed by atoms with Crippen LogP contribution in [0.5, 0.6) is 5.75 Å². The van der Waals surface area contributed by atoms with E-state index in [0.717, 1.165) is 41.7 Å². The molecule has 0 saturated carbocycles. The molecule has 2 fully saturated rings. The Hall–Kier alpha value is -4.12. The minimum absolute atomic E-state index is 0.125. The fourth-order valence-electron chi connectivity index (χ4n) is 6.27. The molecule has 4 N–H and O–H groups in total. The van der Waals surface area contributed by atoms with Crippen LogP contribution in [0.25, 0.3) is 0 Å². The van der Waals surface area contributed by atoms with Crippen LogP contribution in [0, 0.1) is 12.8 Å². The van der Waals surface area contributed by atoms with Crippen molar-refractivity contribution in [2.45, 2.75) is 76.6 Å². The molecule has 3 aliphatic rings. The van der Waals surface area contributed by atoms with Crippen molar-refractivity contribution in [3.8, 4) is 5.75 Å². The number of amides is 5. The molecule has 2 saturated heterocycles. The molecule has 5 amide bonds. The third-order valence-corrected chi connectivity index (χ3v) is 8.98. The van der Waals surface area contributed by atoms with Crippen molar-refractivity contribution in [2.24, 2.45) is 5.92 Å². The Kier molecular flexibility index (Phi) is 10.3. The molecule has 45 heavy (non-hydrogen) atoms. The molecule has 11 nitrogen and oxygen atoms in total. The average molecular weight is 620 g/mol. The second-order valence-corrected chi connectivity index (χ2v) is 12.9. The van der Waals surface area contributed by atoms with Gasteiger partial charge in [-0.2, -0.15) is 0 Å². The molecule has 2 aromatic rings. The molecule has 1 unspecified atom stereocenters. The van der Waals surface area contributed by atoms with E-state index in [1.165, 1.54) is 4.90 Å². The van der Waals surface area contributed by atoms with Gasteiger partial charge in [0.05, 0.1) is 31.7 Å². The van der Waals surface area contributed by atoms with Gasteiger partial charge in [0.25, 0.3) is 0 Å². The molecule has 2 aromatic carbocycles. The fraction of sp³-hybridized carbons (Fsp3) is 0.529. The summed E-state index contributed by atoms with van der Waals surface area (Å²) in [6.45, 7) is 5.75. The van der Waals surface area contributed by atoms with Crippen LogP contribution in [0.15, 0.2) is 48.5 Å². The highest BCUT2D eigenvalue weighted by Gasteiger charge is 2.41. The van der Waals surface area contributed by atoms with Gasteiger partial charge in [-0.1, -0.05) is 36.4 Å². The summed E-state index contributed by atoms with van der Waals surface area (Å²) in [6.07, 6.45) is 3.23. The highest BCUT2D eigenvalue weighted by Crippen LogP contribution is 2.24. The predicted octanol–water partition coefficient (Wildman–Crippen LogP) is 2.28. The summed E-state index contributed by atoms with van der Waals surface area (Å²) in [6, 6.07) is 12.9. The maximum absolute atomic E-state index is 13.8. The number of β-amino-alcohol motifs (C(OH)–C–C–N with tert-alkyl or cyclic N) is 1. The lowest BCUT2D eigenvalue weighted by Gasteiger charge is -2.44. The Labute approximate surface area is 264 Å². The summed E-state index contributed by atoms with van der Waals surface area (Å²) in [4.78, 5) is 57.2. The summed E-state index contributed by atoms with van der Waals surface area (Å²) in [5, 5.41) is 18.7. The number of rotatable bonds is 4. The summed E-state index contributed by atoms with van der Waals surface area (Å²) < 4.78 is 6.09. The van der Waals surface area contributed by atoms with Crippen LogP contribution in [0.2, 0.25) is 0 Å². The number of hydrogen-bond acceptors (Lipinski definition) is 6. The number of urea groups is 1. The van der Waals surface area contributed by atoms with Crippen molar-refractivity contribution in [3.05, 3.63) is 65.2 Å². The Morgan fingerprint density at radius 1 is 1.09 bits per heavy atom. The molecule has 3 atom stereocenters. The van der Waals surface area contributed by atoms with Crippen LogP contribution < -0.4 is 20.7 Å². The van der Waals surface area contributed by atoms with Gasteiger partial charge >= 0.3 is 6.03 Å². The van der Waals surface area contributed by atoms with Crippen LogP contribution in [0.1, 0.15) is 55.7 Å². The Bertz CT molecular complexity index is 1370. The summed E-state index contributed by atoms with van der Waals surface area (Å²) in [7, 11) is 0. The number of carbonyl (C=O) groups excluding carboxylic acids is 4. The van der Waals surface area contributed by atoms with Crippen LogP contribution in [-0.4, -0.2) is 89.1 Å². The normalized spacial score (nSPS) is 24.2. The van der Waals surface area contributed by atoms with E-state index < -0.39 is 29.6 Å². The van der Waals surface area contributed by atoms with Crippen LogP contribution in [0.4, 0.5) is 4.79 Å². The van der Waals surface area contributed by atoms with E-state index in [9.17, 15) is 24.3 Å². The molecule has 0 spiro atoms. The lowest BCUT2D eigenvalue weighted by atomic mass is 9.94. The maximum atomic E-state index is 13.8. The van der Waals surface area contributed by atoms with Crippen LogP contribution >= 0.6 is 0 Å². The van der Waals surface area contributed by atoms with Gasteiger partial charge in [0.1, 0.15) is 17.8 Å². The van der Waals surface area contributed by atoms with Crippen molar-refractivity contribution in [2.75, 3.05) is 32.8 Å². The first-order valence-electron chi connectivity index (χ1n) is 16.0. The Morgan fingerprint density at radius 2 is 1.87 bits per heavy atom. The minimum Gasteiger partial charge on any atom is -0.494 e. The summed E-state index contributed by atoms with van der Waals surface area (Å²) >= 11 is 0. The van der Waals surface area contributed by atoms with Crippen LogP contribution in [-0.2, 0) is 27.3 Å². The van der Waals surface area contributed by atoms with E-state index >= 15 is 0 Å². The molecular weight excluding hydrogens is 574 g/mol. The molecule has 4 bridgehead atoms. The zero-order chi connectivity index (χ0) is 32.0. The maximum Gasteiger partial charge on any atom is 0.318 e.